The lowest BCUT2D eigenvalue weighted by molar-refractivity contribution is -0.135. The Morgan fingerprint density at radius 1 is 0.939 bits per heavy atom. The lowest BCUT2D eigenvalue weighted by Gasteiger charge is -2.44. The van der Waals surface area contributed by atoms with Gasteiger partial charge < -0.3 is 24.4 Å². The van der Waals surface area contributed by atoms with E-state index in [0.717, 1.165) is 63.5 Å². The summed E-state index contributed by atoms with van der Waals surface area (Å²) in [6.07, 6.45) is 6.16. The van der Waals surface area contributed by atoms with Crippen molar-refractivity contribution in [2.24, 2.45) is 0 Å². The van der Waals surface area contributed by atoms with Gasteiger partial charge in [-0.3, -0.25) is 9.59 Å². The molecule has 264 valence electrons. The number of nitrogens with zero attached hydrogens (tertiary/aromatic N) is 4. The zero-order valence-corrected chi connectivity index (χ0v) is 30.1. The van der Waals surface area contributed by atoms with Crippen molar-refractivity contribution in [3.8, 4) is 17.0 Å². The Kier molecular flexibility index (Phi) is 9.69. The average molecular weight is 693 g/mol. The van der Waals surface area contributed by atoms with Gasteiger partial charge in [-0.05, 0) is 80.5 Å². The van der Waals surface area contributed by atoms with Crippen LogP contribution < -0.4 is 14.8 Å². The van der Waals surface area contributed by atoms with Gasteiger partial charge in [0, 0.05) is 74.8 Å². The first-order chi connectivity index (χ1) is 23.3. The highest BCUT2D eigenvalue weighted by Crippen LogP contribution is 2.46. The Bertz CT molecular complexity index is 1870. The van der Waals surface area contributed by atoms with Crippen LogP contribution in [0.25, 0.3) is 22.2 Å². The summed E-state index contributed by atoms with van der Waals surface area (Å²) in [5, 5.41) is 4.36. The molecule has 49 heavy (non-hydrogen) atoms. The molecule has 3 aliphatic rings. The van der Waals surface area contributed by atoms with Gasteiger partial charge in [-0.15, -0.1) is 0 Å². The SMILES string of the molecule is COc1ccc2c(c1)CC(NC(=O)N1C[C@@H](C)N(C(C)=O)[C@@H](C)C1)Cn1c-2c(C2CCCCC2)c2ccc(C(=O)NS(=O)(=O)N(C)C)cc21. The molecule has 3 atom stereocenters. The summed E-state index contributed by atoms with van der Waals surface area (Å²) in [7, 11) is 0.396. The first kappa shape index (κ1) is 34.8. The topological polar surface area (TPSA) is 133 Å². The van der Waals surface area contributed by atoms with Gasteiger partial charge in [0.05, 0.1) is 18.8 Å². The molecule has 6 rings (SSSR count). The molecular weight excluding hydrogens is 644 g/mol. The first-order valence-corrected chi connectivity index (χ1v) is 18.6. The molecule has 1 saturated carbocycles. The van der Waals surface area contributed by atoms with Crippen molar-refractivity contribution < 1.29 is 27.5 Å². The molecule has 0 bridgehead atoms. The molecule has 2 N–H and O–H groups in total. The van der Waals surface area contributed by atoms with Crippen LogP contribution in [0.3, 0.4) is 0 Å². The third-order valence-corrected chi connectivity index (χ3v) is 11.8. The van der Waals surface area contributed by atoms with E-state index in [9.17, 15) is 22.8 Å². The van der Waals surface area contributed by atoms with E-state index in [1.54, 1.807) is 31.1 Å². The predicted octanol–water partition coefficient (Wildman–Crippen LogP) is 4.48. The van der Waals surface area contributed by atoms with Crippen molar-refractivity contribution >= 4 is 39.0 Å². The van der Waals surface area contributed by atoms with Crippen LogP contribution in [-0.2, 0) is 28.0 Å². The maximum Gasteiger partial charge on any atom is 0.317 e. The lowest BCUT2D eigenvalue weighted by atomic mass is 9.81. The van der Waals surface area contributed by atoms with E-state index >= 15 is 0 Å². The number of amides is 4. The zero-order chi connectivity index (χ0) is 35.2. The molecule has 13 heteroatoms. The van der Waals surface area contributed by atoms with Crippen molar-refractivity contribution in [3.63, 3.8) is 0 Å². The van der Waals surface area contributed by atoms with Gasteiger partial charge in [0.2, 0.25) is 5.91 Å². The van der Waals surface area contributed by atoms with Crippen LogP contribution in [0.4, 0.5) is 4.79 Å². The molecule has 0 radical (unpaired) electrons. The van der Waals surface area contributed by atoms with E-state index in [2.05, 4.69) is 20.7 Å². The summed E-state index contributed by atoms with van der Waals surface area (Å²) in [4.78, 5) is 43.1. The number of urea groups is 1. The Balaban J connectivity index is 1.45. The van der Waals surface area contributed by atoms with E-state index < -0.39 is 16.1 Å². The molecule has 12 nitrogen and oxygen atoms in total. The fourth-order valence-corrected chi connectivity index (χ4v) is 8.72. The van der Waals surface area contributed by atoms with Crippen LogP contribution in [0.1, 0.15) is 80.3 Å². The summed E-state index contributed by atoms with van der Waals surface area (Å²) < 4.78 is 36.1. The molecule has 1 unspecified atom stereocenters. The number of carbonyl (C=O) groups excluding carboxylic acids is 3. The molecule has 1 aromatic heterocycles. The number of methoxy groups -OCH3 is 1. The van der Waals surface area contributed by atoms with E-state index in [1.807, 2.05) is 36.9 Å². The molecule has 3 aromatic rings. The third-order valence-electron chi connectivity index (χ3n) is 10.4. The molecular formula is C36H48N6O6S. The third kappa shape index (κ3) is 6.74. The van der Waals surface area contributed by atoms with E-state index in [-0.39, 0.29) is 35.6 Å². The molecule has 0 spiro atoms. The zero-order valence-electron chi connectivity index (χ0n) is 29.3. The van der Waals surface area contributed by atoms with Crippen molar-refractivity contribution in [1.82, 2.24) is 28.7 Å². The van der Waals surface area contributed by atoms with E-state index in [4.69, 9.17) is 4.74 Å². The van der Waals surface area contributed by atoms with E-state index in [1.165, 1.54) is 26.1 Å². The van der Waals surface area contributed by atoms with Crippen LogP contribution in [0, 0.1) is 0 Å². The molecule has 2 aliphatic heterocycles. The molecule has 1 saturated heterocycles. The number of carbonyl (C=O) groups is 3. The minimum absolute atomic E-state index is 0.00234. The Hall–Kier alpha value is -4.10. The average Bonchev–Trinajstić information content (AvgIpc) is 3.27. The molecule has 2 fully saturated rings. The fraction of sp³-hybridized carbons (Fsp3) is 0.528. The maximum absolute atomic E-state index is 13.9. The second-order valence-electron chi connectivity index (χ2n) is 14.1. The van der Waals surface area contributed by atoms with Crippen LogP contribution in [0.15, 0.2) is 36.4 Å². The van der Waals surface area contributed by atoms with Gasteiger partial charge in [-0.1, -0.05) is 25.3 Å². The standard InChI is InChI=1S/C36H48N6O6S/c1-22-19-40(20-23(2)42(22)24(3)43)36(45)37-28-16-27-17-29(48-6)13-15-30(27)34-33(25-10-8-7-9-11-25)31-14-12-26(18-32(31)41(34)21-28)35(44)38-49(46,47)39(4)5/h12-15,17-18,22-23,25,28H,7-11,16,19-21H2,1-6H3,(H,37,45)(H,38,44)/t22-,23+,28?. The van der Waals surface area contributed by atoms with Gasteiger partial charge >= 0.3 is 16.2 Å². The maximum atomic E-state index is 13.9. The number of aromatic nitrogens is 1. The first-order valence-electron chi connectivity index (χ1n) is 17.2. The number of hydrogen-bond acceptors (Lipinski definition) is 6. The van der Waals surface area contributed by atoms with Crippen LogP contribution in [0.2, 0.25) is 0 Å². The van der Waals surface area contributed by atoms with Gasteiger partial charge in [0.25, 0.3) is 5.91 Å². The number of piperazine rings is 1. The fourth-order valence-electron chi connectivity index (χ4n) is 8.19. The minimum Gasteiger partial charge on any atom is -0.497 e. The number of ether oxygens (including phenoxy) is 1. The minimum atomic E-state index is -3.99. The second-order valence-corrected chi connectivity index (χ2v) is 15.9. The number of benzene rings is 2. The summed E-state index contributed by atoms with van der Waals surface area (Å²) >= 11 is 0. The highest BCUT2D eigenvalue weighted by atomic mass is 32.2. The number of fused-ring (bicyclic) bond motifs is 5. The summed E-state index contributed by atoms with van der Waals surface area (Å²) in [6, 6.07) is 10.8. The molecule has 1 aliphatic carbocycles. The molecule has 4 amide bonds. The Morgan fingerprint density at radius 3 is 2.27 bits per heavy atom. The largest absolute Gasteiger partial charge is 0.497 e. The quantitative estimate of drug-likeness (QED) is 0.392. The molecule has 3 heterocycles. The van der Waals surface area contributed by atoms with Gasteiger partial charge in [0.1, 0.15) is 5.75 Å². The van der Waals surface area contributed by atoms with Gasteiger partial charge in [0.15, 0.2) is 0 Å². The van der Waals surface area contributed by atoms with Crippen LogP contribution >= 0.6 is 0 Å². The lowest BCUT2D eigenvalue weighted by Crippen LogP contribution is -2.61. The summed E-state index contributed by atoms with van der Waals surface area (Å²) in [5.74, 6) is 0.351. The van der Waals surface area contributed by atoms with Crippen molar-refractivity contribution in [3.05, 3.63) is 53.1 Å². The smallest absolute Gasteiger partial charge is 0.317 e. The van der Waals surface area contributed by atoms with Crippen molar-refractivity contribution in [2.45, 2.75) is 89.9 Å². The van der Waals surface area contributed by atoms with Gasteiger partial charge in [-0.2, -0.15) is 12.7 Å². The number of rotatable bonds is 6. The highest BCUT2D eigenvalue weighted by Gasteiger charge is 2.36. The second kappa shape index (κ2) is 13.7. The molecule has 2 aromatic carbocycles. The van der Waals surface area contributed by atoms with Crippen LogP contribution in [0.5, 0.6) is 5.75 Å². The number of hydrogen-bond donors (Lipinski definition) is 2. The monoisotopic (exact) mass is 692 g/mol. The predicted molar refractivity (Wildman–Crippen MR) is 189 cm³/mol. The van der Waals surface area contributed by atoms with Crippen LogP contribution in [-0.4, -0.2) is 97.4 Å². The normalized spacial score (nSPS) is 21.6. The van der Waals surface area contributed by atoms with Crippen molar-refractivity contribution in [1.29, 1.82) is 0 Å². The van der Waals surface area contributed by atoms with Crippen molar-refractivity contribution in [2.75, 3.05) is 34.3 Å². The van der Waals surface area contributed by atoms with E-state index in [0.29, 0.717) is 32.0 Å². The summed E-state index contributed by atoms with van der Waals surface area (Å²) in [6.45, 7) is 6.81. The highest BCUT2D eigenvalue weighted by molar-refractivity contribution is 7.87. The number of nitrogens with one attached hydrogen (secondary N) is 2. The summed E-state index contributed by atoms with van der Waals surface area (Å²) in [5.41, 5.74) is 5.50. The Labute approximate surface area is 288 Å². The Morgan fingerprint density at radius 2 is 1.63 bits per heavy atom. The van der Waals surface area contributed by atoms with Gasteiger partial charge in [-0.25, -0.2) is 9.52 Å².